The molecule has 9 nitrogen and oxygen atoms in total. The maximum atomic E-state index is 13.1. The predicted molar refractivity (Wildman–Crippen MR) is 157 cm³/mol. The Labute approximate surface area is 240 Å². The molecule has 0 spiro atoms. The normalized spacial score (nSPS) is 12.9. The number of ether oxygens (including phenoxy) is 1. The molecule has 0 aliphatic carbocycles. The number of aliphatic hydroxyl groups excluding tert-OH is 1. The minimum absolute atomic E-state index is 0.0136. The van der Waals surface area contributed by atoms with Crippen molar-refractivity contribution in [3.05, 3.63) is 108 Å². The molecule has 0 bridgehead atoms. The van der Waals surface area contributed by atoms with Gasteiger partial charge >= 0.3 is 5.97 Å². The summed E-state index contributed by atoms with van der Waals surface area (Å²) in [5.74, 6) is -0.970. The van der Waals surface area contributed by atoms with Gasteiger partial charge in [0, 0.05) is 12.6 Å². The summed E-state index contributed by atoms with van der Waals surface area (Å²) in [6.45, 7) is 3.69. The van der Waals surface area contributed by atoms with Crippen molar-refractivity contribution >= 4 is 11.9 Å². The lowest BCUT2D eigenvalue weighted by atomic mass is 9.84. The van der Waals surface area contributed by atoms with Crippen LogP contribution >= 0.6 is 0 Å². The van der Waals surface area contributed by atoms with Crippen molar-refractivity contribution < 1.29 is 19.4 Å². The van der Waals surface area contributed by atoms with E-state index in [2.05, 4.69) is 52.0 Å². The van der Waals surface area contributed by atoms with Crippen LogP contribution in [0.3, 0.4) is 0 Å². The van der Waals surface area contributed by atoms with Crippen molar-refractivity contribution in [2.45, 2.75) is 51.9 Å². The average molecular weight is 556 g/mol. The first-order valence-corrected chi connectivity index (χ1v) is 13.6. The second-order valence-electron chi connectivity index (χ2n) is 11.0. The van der Waals surface area contributed by atoms with Crippen LogP contribution in [0.5, 0.6) is 0 Å². The van der Waals surface area contributed by atoms with Crippen LogP contribution in [-0.4, -0.2) is 50.7 Å². The fourth-order valence-corrected chi connectivity index (χ4v) is 4.57. The summed E-state index contributed by atoms with van der Waals surface area (Å²) >= 11 is 0. The molecule has 2 atom stereocenters. The van der Waals surface area contributed by atoms with Crippen LogP contribution in [0.4, 0.5) is 0 Å². The maximum Gasteiger partial charge on any atom is 0.325 e. The van der Waals surface area contributed by atoms with E-state index in [0.717, 1.165) is 22.3 Å². The lowest BCUT2D eigenvalue weighted by molar-refractivity contribution is -0.149. The van der Waals surface area contributed by atoms with Gasteiger partial charge in [-0.15, -0.1) is 5.10 Å². The summed E-state index contributed by atoms with van der Waals surface area (Å²) < 4.78 is 6.55. The first kappa shape index (κ1) is 29.6. The van der Waals surface area contributed by atoms with E-state index >= 15 is 0 Å². The Morgan fingerprint density at radius 2 is 1.54 bits per heavy atom. The van der Waals surface area contributed by atoms with Crippen LogP contribution in [0.15, 0.2) is 91.1 Å². The number of nitrogens with zero attached hydrogens (tertiary/aromatic N) is 3. The third-order valence-electron chi connectivity index (χ3n) is 6.82. The Morgan fingerprint density at radius 3 is 2.20 bits per heavy atom. The van der Waals surface area contributed by atoms with Gasteiger partial charge in [0.05, 0.1) is 6.20 Å². The predicted octanol–water partition coefficient (Wildman–Crippen LogP) is 3.77. The fourth-order valence-electron chi connectivity index (χ4n) is 4.57. The summed E-state index contributed by atoms with van der Waals surface area (Å²) in [7, 11) is 0. The maximum absolute atomic E-state index is 13.1. The Kier molecular flexibility index (Phi) is 10.00. The highest BCUT2D eigenvalue weighted by Gasteiger charge is 2.26. The zero-order valence-electron chi connectivity index (χ0n) is 23.4. The Hall–Kier alpha value is -4.34. The number of rotatable bonds is 13. The van der Waals surface area contributed by atoms with Crippen LogP contribution in [-0.2, 0) is 29.1 Å². The molecule has 0 aliphatic rings. The topological polar surface area (TPSA) is 132 Å². The minimum atomic E-state index is -0.818. The Bertz CT molecular complexity index is 1410. The number of carbonyl (C=O) groups excluding carboxylic acids is 2. The fraction of sp³-hybridized carbons (Fsp3) is 0.312. The molecule has 1 amide bonds. The van der Waals surface area contributed by atoms with Crippen LogP contribution in [0, 0.1) is 5.41 Å². The Balaban J connectivity index is 1.35. The summed E-state index contributed by atoms with van der Waals surface area (Å²) in [4.78, 5) is 25.4. The second kappa shape index (κ2) is 13.8. The molecule has 1 aromatic heterocycles. The summed E-state index contributed by atoms with van der Waals surface area (Å²) in [5, 5.41) is 20.8. The molecule has 41 heavy (non-hydrogen) atoms. The monoisotopic (exact) mass is 555 g/mol. The zero-order chi connectivity index (χ0) is 29.2. The van der Waals surface area contributed by atoms with Gasteiger partial charge in [0.15, 0.2) is 12.4 Å². The molecule has 214 valence electrons. The van der Waals surface area contributed by atoms with Crippen molar-refractivity contribution in [3.8, 4) is 11.1 Å². The molecule has 4 aromatic rings. The largest absolute Gasteiger partial charge is 0.441 e. The molecule has 0 unspecified atom stereocenters. The summed E-state index contributed by atoms with van der Waals surface area (Å²) in [6.07, 6.45) is 2.91. The highest BCUT2D eigenvalue weighted by molar-refractivity contribution is 5.92. The summed E-state index contributed by atoms with van der Waals surface area (Å²) in [6, 6.07) is 26.7. The number of hydrogen-bond acceptors (Lipinski definition) is 7. The number of nitrogens with one attached hydrogen (secondary N) is 1. The summed E-state index contributed by atoms with van der Waals surface area (Å²) in [5.41, 5.74) is 9.93. The van der Waals surface area contributed by atoms with Crippen molar-refractivity contribution in [1.82, 2.24) is 20.3 Å². The van der Waals surface area contributed by atoms with Gasteiger partial charge in [0.1, 0.15) is 6.04 Å². The molecule has 1 heterocycles. The van der Waals surface area contributed by atoms with Gasteiger partial charge in [0.25, 0.3) is 5.91 Å². The SMILES string of the molecule is CC(C)(CO)C[C@@H](Cc1ccc(-c2ccccc2)cc1)NC(=O)c1cn(COC(=O)[C@@H](N)Cc2ccccc2)nn1. The lowest BCUT2D eigenvalue weighted by Gasteiger charge is -2.28. The molecule has 0 saturated heterocycles. The van der Waals surface area contributed by atoms with E-state index in [1.807, 2.05) is 62.4 Å². The van der Waals surface area contributed by atoms with E-state index in [0.29, 0.717) is 19.3 Å². The molecule has 0 radical (unpaired) electrons. The third-order valence-corrected chi connectivity index (χ3v) is 6.82. The number of nitrogens with two attached hydrogens (primary N) is 1. The number of amides is 1. The third kappa shape index (κ3) is 8.83. The molecular formula is C32H37N5O4. The average Bonchev–Trinajstić information content (AvgIpc) is 3.46. The minimum Gasteiger partial charge on any atom is -0.441 e. The molecular weight excluding hydrogens is 518 g/mol. The van der Waals surface area contributed by atoms with E-state index in [1.165, 1.54) is 10.9 Å². The van der Waals surface area contributed by atoms with Crippen LogP contribution < -0.4 is 11.1 Å². The zero-order valence-corrected chi connectivity index (χ0v) is 23.4. The van der Waals surface area contributed by atoms with Crippen molar-refractivity contribution in [3.63, 3.8) is 0 Å². The van der Waals surface area contributed by atoms with E-state index < -0.39 is 23.3 Å². The first-order chi connectivity index (χ1) is 19.7. The van der Waals surface area contributed by atoms with E-state index in [-0.39, 0.29) is 25.1 Å². The van der Waals surface area contributed by atoms with Gasteiger partial charge in [-0.3, -0.25) is 9.59 Å². The molecule has 9 heteroatoms. The molecule has 0 aliphatic heterocycles. The molecule has 3 aromatic carbocycles. The van der Waals surface area contributed by atoms with Crippen LogP contribution in [0.2, 0.25) is 0 Å². The number of esters is 1. The van der Waals surface area contributed by atoms with Crippen LogP contribution in [0.1, 0.15) is 41.9 Å². The number of aliphatic hydroxyl groups is 1. The highest BCUT2D eigenvalue weighted by atomic mass is 16.5. The van der Waals surface area contributed by atoms with Gasteiger partial charge in [-0.25, -0.2) is 4.68 Å². The van der Waals surface area contributed by atoms with Gasteiger partial charge < -0.3 is 20.9 Å². The van der Waals surface area contributed by atoms with Crippen LogP contribution in [0.25, 0.3) is 11.1 Å². The molecule has 0 fully saturated rings. The van der Waals surface area contributed by atoms with Gasteiger partial charge in [-0.05, 0) is 46.9 Å². The standard InChI is InChI=1S/C32H37N5O4/c1-32(2,21-38)19-27(17-24-13-15-26(16-14-24)25-11-7-4-8-12-25)34-30(39)29-20-37(36-35-29)22-41-31(40)28(33)18-23-9-5-3-6-10-23/h3-16,20,27-28,38H,17-19,21-22,33H2,1-2H3,(H,34,39)/t27-,28+/m1/s1. The van der Waals surface area contributed by atoms with Crippen molar-refractivity contribution in [2.24, 2.45) is 11.1 Å². The number of hydrogen-bond donors (Lipinski definition) is 3. The quantitative estimate of drug-likeness (QED) is 0.214. The van der Waals surface area contributed by atoms with Crippen molar-refractivity contribution in [1.29, 1.82) is 0 Å². The van der Waals surface area contributed by atoms with Gasteiger partial charge in [-0.1, -0.05) is 104 Å². The number of benzene rings is 3. The van der Waals surface area contributed by atoms with E-state index in [1.54, 1.807) is 0 Å². The Morgan fingerprint density at radius 1 is 0.927 bits per heavy atom. The van der Waals surface area contributed by atoms with Gasteiger partial charge in [-0.2, -0.15) is 0 Å². The number of carbonyl (C=O) groups is 2. The van der Waals surface area contributed by atoms with Crippen molar-refractivity contribution in [2.75, 3.05) is 6.61 Å². The number of aromatic nitrogens is 3. The first-order valence-electron chi connectivity index (χ1n) is 13.6. The molecule has 4 rings (SSSR count). The molecule has 0 saturated carbocycles. The second-order valence-corrected chi connectivity index (χ2v) is 11.0. The highest BCUT2D eigenvalue weighted by Crippen LogP contribution is 2.25. The van der Waals surface area contributed by atoms with E-state index in [9.17, 15) is 14.7 Å². The molecule has 4 N–H and O–H groups in total. The van der Waals surface area contributed by atoms with E-state index in [4.69, 9.17) is 10.5 Å². The lowest BCUT2D eigenvalue weighted by Crippen LogP contribution is -2.40. The smallest absolute Gasteiger partial charge is 0.325 e. The van der Waals surface area contributed by atoms with Gasteiger partial charge in [0.2, 0.25) is 0 Å².